The lowest BCUT2D eigenvalue weighted by molar-refractivity contribution is -0.683. The molecule has 214 valence electrons. The molecule has 2 aliphatic carbocycles. The summed E-state index contributed by atoms with van der Waals surface area (Å²) in [5.41, 5.74) is 12.5. The highest BCUT2D eigenvalue weighted by Crippen LogP contribution is 2.57. The van der Waals surface area contributed by atoms with Crippen molar-refractivity contribution < 1.29 is 4.57 Å². The zero-order chi connectivity index (χ0) is 29.4. The van der Waals surface area contributed by atoms with Crippen LogP contribution >= 0.6 is 11.3 Å². The molecule has 0 amide bonds. The van der Waals surface area contributed by atoms with Crippen molar-refractivity contribution in [3.63, 3.8) is 0 Å². The maximum atomic E-state index is 4.33. The highest BCUT2D eigenvalue weighted by molar-refractivity contribution is 7.20. The molecule has 3 aromatic carbocycles. The van der Waals surface area contributed by atoms with Crippen LogP contribution in [0.25, 0.3) is 49.2 Å². The van der Waals surface area contributed by atoms with Crippen LogP contribution in [0.15, 0.2) is 128 Å². The molecule has 0 N–H and O–H groups in total. The normalized spacial score (nSPS) is 23.7. The quantitative estimate of drug-likeness (QED) is 0.182. The van der Waals surface area contributed by atoms with Gasteiger partial charge in [0.15, 0.2) is 6.17 Å². The molecular formula is C41H30N3S+. The molecule has 4 unspecified atom stereocenters. The first-order valence-corrected chi connectivity index (χ1v) is 16.9. The van der Waals surface area contributed by atoms with Gasteiger partial charge in [-0.3, -0.25) is 0 Å². The van der Waals surface area contributed by atoms with Crippen molar-refractivity contribution in [1.82, 2.24) is 9.47 Å². The number of nitrogens with zero attached hydrogens (tertiary/aromatic N) is 3. The second-order valence-corrected chi connectivity index (χ2v) is 14.1. The van der Waals surface area contributed by atoms with Gasteiger partial charge >= 0.3 is 0 Å². The van der Waals surface area contributed by atoms with Crippen molar-refractivity contribution in [3.05, 3.63) is 155 Å². The molecule has 3 aromatic heterocycles. The topological polar surface area (TPSA) is 12.1 Å². The summed E-state index contributed by atoms with van der Waals surface area (Å²) in [7, 11) is 0. The van der Waals surface area contributed by atoms with Crippen molar-refractivity contribution in [2.24, 2.45) is 5.92 Å². The number of thiophene rings is 1. The van der Waals surface area contributed by atoms with Crippen LogP contribution in [0.5, 0.6) is 0 Å². The lowest BCUT2D eigenvalue weighted by atomic mass is 9.78. The molecular weight excluding hydrogens is 567 g/mol. The van der Waals surface area contributed by atoms with Gasteiger partial charge in [0.05, 0.1) is 17.3 Å². The fourth-order valence-corrected chi connectivity index (χ4v) is 10.5. The Morgan fingerprint density at radius 3 is 2.67 bits per heavy atom. The van der Waals surface area contributed by atoms with Crippen molar-refractivity contribution in [2.75, 3.05) is 0 Å². The van der Waals surface area contributed by atoms with Crippen LogP contribution in [0.3, 0.4) is 0 Å². The van der Waals surface area contributed by atoms with Gasteiger partial charge in [-0.1, -0.05) is 91.6 Å². The minimum Gasteiger partial charge on any atom is -0.324 e. The molecule has 5 aliphatic rings. The maximum absolute atomic E-state index is 4.33. The molecule has 4 heteroatoms. The standard InChI is InChI=1S/C41H30N3S/c1-2-35-38(31-16-8-10-18-36(31)45-35)39-28-15-6-3-11-24(28)29-20-22-37-43(40(29)39)34-23-42-32(25-12-4-5-13-26(25)34)21-19-30-27-14-7-9-17-33(27)44(37)41(30)42/h2-12,14-22,26,34,37,39H,1,13,23H2/q+1. The van der Waals surface area contributed by atoms with Crippen LogP contribution in [-0.2, 0) is 6.54 Å². The predicted octanol–water partition coefficient (Wildman–Crippen LogP) is 9.22. The van der Waals surface area contributed by atoms with Gasteiger partial charge in [-0.2, -0.15) is 0 Å². The Balaban J connectivity index is 1.26. The Hall–Kier alpha value is -4.93. The smallest absolute Gasteiger partial charge is 0.292 e. The summed E-state index contributed by atoms with van der Waals surface area (Å²) in [5.74, 6) is 0.554. The number of pyridine rings is 1. The number of rotatable bonds is 2. The number of aromatic nitrogens is 2. The minimum absolute atomic E-state index is 0.0688. The highest BCUT2D eigenvalue weighted by atomic mass is 32.1. The van der Waals surface area contributed by atoms with Crippen LogP contribution in [0.2, 0.25) is 0 Å². The molecule has 0 radical (unpaired) electrons. The van der Waals surface area contributed by atoms with Gasteiger partial charge in [0, 0.05) is 37.7 Å². The van der Waals surface area contributed by atoms with Crippen LogP contribution in [0, 0.1) is 5.92 Å². The zero-order valence-corrected chi connectivity index (χ0v) is 25.5. The monoisotopic (exact) mass is 596 g/mol. The summed E-state index contributed by atoms with van der Waals surface area (Å²) >= 11 is 1.88. The lowest BCUT2D eigenvalue weighted by Crippen LogP contribution is -2.56. The lowest BCUT2D eigenvalue weighted by Gasteiger charge is -2.45. The van der Waals surface area contributed by atoms with Crippen molar-refractivity contribution >= 4 is 60.6 Å². The highest BCUT2D eigenvalue weighted by Gasteiger charge is 2.52. The molecule has 0 saturated heterocycles. The molecule has 11 rings (SSSR count). The molecule has 0 spiro atoms. The maximum Gasteiger partial charge on any atom is 0.292 e. The van der Waals surface area contributed by atoms with Gasteiger partial charge in [-0.25, -0.2) is 9.13 Å². The molecule has 6 aromatic rings. The van der Waals surface area contributed by atoms with E-state index in [1.165, 1.54) is 76.1 Å². The van der Waals surface area contributed by atoms with E-state index in [1.807, 2.05) is 11.3 Å². The molecule has 4 bridgehead atoms. The fraction of sp³-hybridized carbons (Fsp3) is 0.146. The van der Waals surface area contributed by atoms with Crippen molar-refractivity contribution in [2.45, 2.75) is 31.1 Å². The van der Waals surface area contributed by atoms with Gasteiger partial charge in [-0.05, 0) is 64.9 Å². The Morgan fingerprint density at radius 1 is 0.889 bits per heavy atom. The second kappa shape index (κ2) is 8.62. The van der Waals surface area contributed by atoms with E-state index in [2.05, 4.69) is 142 Å². The van der Waals surface area contributed by atoms with Gasteiger partial charge in [0.2, 0.25) is 0 Å². The predicted molar refractivity (Wildman–Crippen MR) is 186 cm³/mol. The third-order valence-corrected chi connectivity index (χ3v) is 12.3. The molecule has 4 atom stereocenters. The summed E-state index contributed by atoms with van der Waals surface area (Å²) in [4.78, 5) is 4.16. The molecule has 0 saturated carbocycles. The third-order valence-electron chi connectivity index (χ3n) is 11.1. The van der Waals surface area contributed by atoms with Gasteiger partial charge in [0.1, 0.15) is 17.8 Å². The Kier molecular flexibility index (Phi) is 4.67. The van der Waals surface area contributed by atoms with Crippen LogP contribution < -0.4 is 4.57 Å². The number of hydrogen-bond acceptors (Lipinski definition) is 2. The zero-order valence-electron chi connectivity index (χ0n) is 24.7. The summed E-state index contributed by atoms with van der Waals surface area (Å²) in [6.45, 7) is 5.31. The molecule has 6 heterocycles. The molecule has 0 fully saturated rings. The number of benzene rings is 3. The van der Waals surface area contributed by atoms with Crippen LogP contribution in [-0.4, -0.2) is 15.5 Å². The first kappa shape index (κ1) is 24.4. The van der Waals surface area contributed by atoms with Crippen molar-refractivity contribution in [3.8, 4) is 0 Å². The van der Waals surface area contributed by atoms with E-state index in [4.69, 9.17) is 0 Å². The van der Waals surface area contributed by atoms with E-state index in [1.54, 1.807) is 0 Å². The first-order valence-electron chi connectivity index (χ1n) is 16.1. The number of hydrogen-bond donors (Lipinski definition) is 0. The summed E-state index contributed by atoms with van der Waals surface area (Å²) in [5, 5.41) is 4.03. The molecule has 45 heavy (non-hydrogen) atoms. The van der Waals surface area contributed by atoms with Gasteiger partial charge in [-0.15, -0.1) is 11.3 Å². The van der Waals surface area contributed by atoms with E-state index >= 15 is 0 Å². The second-order valence-electron chi connectivity index (χ2n) is 13.0. The van der Waals surface area contributed by atoms with Gasteiger partial charge < -0.3 is 4.90 Å². The molecule has 3 aliphatic heterocycles. The Morgan fingerprint density at radius 2 is 1.73 bits per heavy atom. The van der Waals surface area contributed by atoms with Crippen molar-refractivity contribution in [1.29, 1.82) is 0 Å². The number of allylic oxidation sites excluding steroid dienone is 6. The summed E-state index contributed by atoms with van der Waals surface area (Å²) in [6, 6.07) is 32.2. The Labute approximate surface area is 265 Å². The van der Waals surface area contributed by atoms with E-state index in [0.29, 0.717) is 12.0 Å². The van der Waals surface area contributed by atoms with Crippen LogP contribution in [0.4, 0.5) is 0 Å². The SMILES string of the molecule is C=Cc1sc2ccccc2c1C1C2=C(C=CC3N2C2C[n+]4c(ccc5c6ccccc6n3c54)C3=CC=CCC32)c2ccccc21. The fourth-order valence-electron chi connectivity index (χ4n) is 9.40. The first-order chi connectivity index (χ1) is 22.3. The van der Waals surface area contributed by atoms with E-state index < -0.39 is 0 Å². The van der Waals surface area contributed by atoms with E-state index in [9.17, 15) is 0 Å². The third kappa shape index (κ3) is 2.94. The van der Waals surface area contributed by atoms with E-state index in [-0.39, 0.29) is 12.1 Å². The van der Waals surface area contributed by atoms with Gasteiger partial charge in [0.25, 0.3) is 5.65 Å². The number of para-hydroxylation sites is 1. The summed E-state index contributed by atoms with van der Waals surface area (Å²) in [6.07, 6.45) is 15.2. The average Bonchev–Trinajstić information content (AvgIpc) is 3.71. The largest absolute Gasteiger partial charge is 0.324 e. The average molecular weight is 597 g/mol. The number of fused-ring (bicyclic) bond motifs is 10. The minimum atomic E-state index is 0.0688. The Bertz CT molecular complexity index is 2450. The van der Waals surface area contributed by atoms with Crippen LogP contribution in [0.1, 0.15) is 45.8 Å². The van der Waals surface area contributed by atoms with E-state index in [0.717, 1.165) is 13.0 Å². The summed E-state index contributed by atoms with van der Waals surface area (Å²) < 4.78 is 6.64. The molecule has 3 nitrogen and oxygen atoms in total.